The van der Waals surface area contributed by atoms with Gasteiger partial charge >= 0.3 is 0 Å². The summed E-state index contributed by atoms with van der Waals surface area (Å²) in [4.78, 5) is 18.2. The minimum Gasteiger partial charge on any atom is -0.387 e. The Balaban J connectivity index is 1.31. The van der Waals surface area contributed by atoms with Crippen molar-refractivity contribution in [2.45, 2.75) is 50.9 Å². The molecule has 0 saturated carbocycles. The summed E-state index contributed by atoms with van der Waals surface area (Å²) in [6.07, 6.45) is 4.35. The van der Waals surface area contributed by atoms with Gasteiger partial charge in [-0.1, -0.05) is 12.1 Å². The molecule has 168 valence electrons. The van der Waals surface area contributed by atoms with Crippen LogP contribution in [0.3, 0.4) is 0 Å². The summed E-state index contributed by atoms with van der Waals surface area (Å²) in [5.74, 6) is -0.495. The summed E-state index contributed by atoms with van der Waals surface area (Å²) >= 11 is 0. The summed E-state index contributed by atoms with van der Waals surface area (Å²) in [5, 5.41) is 21.0. The number of hydrogen-bond donors (Lipinski definition) is 3. The Morgan fingerprint density at radius 3 is 2.72 bits per heavy atom. The smallest absolute Gasteiger partial charge is 0.253 e. The van der Waals surface area contributed by atoms with Gasteiger partial charge < -0.3 is 15.3 Å². The van der Waals surface area contributed by atoms with E-state index in [0.29, 0.717) is 17.7 Å². The molecule has 1 aromatic carbocycles. The lowest BCUT2D eigenvalue weighted by Gasteiger charge is -2.20. The average Bonchev–Trinajstić information content (AvgIpc) is 3.42. The van der Waals surface area contributed by atoms with Crippen molar-refractivity contribution in [3.63, 3.8) is 0 Å². The Hall–Kier alpha value is -3.10. The highest BCUT2D eigenvalue weighted by Gasteiger charge is 2.30. The molecule has 3 atom stereocenters. The number of H-pyrrole nitrogens is 1. The van der Waals surface area contributed by atoms with Gasteiger partial charge in [0.05, 0.1) is 30.2 Å². The first kappa shape index (κ1) is 22.1. The molecule has 32 heavy (non-hydrogen) atoms. The number of aliphatic hydroxyl groups excluding tert-OH is 1. The second-order valence-electron chi connectivity index (χ2n) is 8.53. The number of aromatic nitrogens is 3. The normalized spacial score (nSPS) is 19.1. The third kappa shape index (κ3) is 5.20. The minimum atomic E-state index is -0.794. The lowest BCUT2D eigenvalue weighted by molar-refractivity contribution is 0.0783. The molecule has 3 aromatic rings. The maximum atomic E-state index is 13.4. The first-order valence-electron chi connectivity index (χ1n) is 10.8. The number of pyridine rings is 1. The quantitative estimate of drug-likeness (QED) is 0.528. The van der Waals surface area contributed by atoms with E-state index < -0.39 is 11.9 Å². The number of halogens is 1. The van der Waals surface area contributed by atoms with E-state index in [1.54, 1.807) is 11.9 Å². The predicted molar refractivity (Wildman–Crippen MR) is 118 cm³/mol. The van der Waals surface area contributed by atoms with Crippen molar-refractivity contribution in [2.24, 2.45) is 0 Å². The number of nitrogens with zero attached hydrogens (tertiary/aromatic N) is 3. The van der Waals surface area contributed by atoms with Crippen LogP contribution in [-0.4, -0.2) is 50.2 Å². The number of benzene rings is 1. The first-order chi connectivity index (χ1) is 15.4. The molecule has 1 aliphatic rings. The van der Waals surface area contributed by atoms with Crippen LogP contribution in [0.15, 0.2) is 48.8 Å². The number of rotatable bonds is 7. The number of aliphatic hydroxyl groups is 1. The van der Waals surface area contributed by atoms with Crippen molar-refractivity contribution in [3.05, 3.63) is 82.7 Å². The Morgan fingerprint density at radius 1 is 1.25 bits per heavy atom. The Morgan fingerprint density at radius 2 is 2.03 bits per heavy atom. The maximum Gasteiger partial charge on any atom is 0.253 e. The second-order valence-corrected chi connectivity index (χ2v) is 8.53. The van der Waals surface area contributed by atoms with Crippen LogP contribution in [-0.2, 0) is 13.0 Å². The van der Waals surface area contributed by atoms with Gasteiger partial charge in [0, 0.05) is 36.5 Å². The molecule has 0 unspecified atom stereocenters. The molecule has 8 heteroatoms. The van der Waals surface area contributed by atoms with E-state index in [1.807, 2.05) is 37.3 Å². The number of aromatic amines is 1. The minimum absolute atomic E-state index is 0.0466. The first-order valence-corrected chi connectivity index (χ1v) is 10.8. The van der Waals surface area contributed by atoms with E-state index in [2.05, 4.69) is 20.5 Å². The van der Waals surface area contributed by atoms with Gasteiger partial charge in [-0.15, -0.1) is 0 Å². The van der Waals surface area contributed by atoms with Gasteiger partial charge in [-0.25, -0.2) is 4.39 Å². The lowest BCUT2D eigenvalue weighted by atomic mass is 10.0. The maximum absolute atomic E-state index is 13.4. The van der Waals surface area contributed by atoms with Gasteiger partial charge in [0.25, 0.3) is 5.91 Å². The van der Waals surface area contributed by atoms with Crippen LogP contribution in [0.4, 0.5) is 4.39 Å². The van der Waals surface area contributed by atoms with Crippen molar-refractivity contribution in [2.75, 3.05) is 7.05 Å². The van der Waals surface area contributed by atoms with Gasteiger partial charge in [0.1, 0.15) is 5.82 Å². The van der Waals surface area contributed by atoms with Crippen LogP contribution in [0, 0.1) is 12.7 Å². The van der Waals surface area contributed by atoms with Crippen molar-refractivity contribution in [1.82, 2.24) is 25.4 Å². The molecule has 2 aromatic heterocycles. The molecule has 3 heterocycles. The van der Waals surface area contributed by atoms with E-state index in [-0.39, 0.29) is 18.0 Å². The van der Waals surface area contributed by atoms with Crippen LogP contribution in [0.2, 0.25) is 0 Å². The standard InChI is InChI=1S/C24H28FN5O2/c1-15-9-21(29-28-15)14-30(2)24(32)17-5-3-16(4-6-17)10-20-7-8-22(27-20)23(31)18-11-19(25)13-26-12-18/h3-6,9,11-13,20,22-23,27,31H,7-8,10,14H2,1-2H3,(H,28,29)/t20-,22+,23+/m0/s1. The number of nitrogens with one attached hydrogen (secondary N) is 2. The van der Waals surface area contributed by atoms with Gasteiger partial charge in [0.15, 0.2) is 0 Å². The number of aryl methyl sites for hydroxylation is 1. The summed E-state index contributed by atoms with van der Waals surface area (Å²) in [6, 6.07) is 11.0. The van der Waals surface area contributed by atoms with Crippen LogP contribution < -0.4 is 5.32 Å². The van der Waals surface area contributed by atoms with Gasteiger partial charge in [0.2, 0.25) is 0 Å². The van der Waals surface area contributed by atoms with E-state index in [9.17, 15) is 14.3 Å². The van der Waals surface area contributed by atoms with Crippen LogP contribution in [0.1, 0.15) is 51.8 Å². The lowest BCUT2D eigenvalue weighted by Crippen LogP contribution is -2.35. The highest BCUT2D eigenvalue weighted by molar-refractivity contribution is 5.94. The SMILES string of the molecule is Cc1cc(CN(C)C(=O)c2ccc(C[C@@H]3CC[C@H]([C@H](O)c4cncc(F)c4)N3)cc2)[nH]n1. The molecule has 1 aliphatic heterocycles. The molecule has 0 radical (unpaired) electrons. The second kappa shape index (κ2) is 9.58. The molecule has 0 bridgehead atoms. The summed E-state index contributed by atoms with van der Waals surface area (Å²) in [6.45, 7) is 2.37. The molecule has 1 saturated heterocycles. The largest absolute Gasteiger partial charge is 0.387 e. The summed E-state index contributed by atoms with van der Waals surface area (Å²) in [7, 11) is 1.77. The Labute approximate surface area is 186 Å². The topological polar surface area (TPSA) is 94.1 Å². The summed E-state index contributed by atoms with van der Waals surface area (Å²) in [5.41, 5.74) is 4.04. The van der Waals surface area contributed by atoms with Crippen LogP contribution in [0.25, 0.3) is 0 Å². The third-order valence-electron chi connectivity index (χ3n) is 5.92. The van der Waals surface area contributed by atoms with Crippen LogP contribution in [0.5, 0.6) is 0 Å². The van der Waals surface area contributed by atoms with Crippen molar-refractivity contribution < 1.29 is 14.3 Å². The van der Waals surface area contributed by atoms with Gasteiger partial charge in [-0.3, -0.25) is 14.9 Å². The molecular formula is C24H28FN5O2. The number of hydrogen-bond acceptors (Lipinski definition) is 5. The zero-order chi connectivity index (χ0) is 22.7. The molecule has 3 N–H and O–H groups in total. The molecule has 1 fully saturated rings. The van der Waals surface area contributed by atoms with Crippen molar-refractivity contribution >= 4 is 5.91 Å². The highest BCUT2D eigenvalue weighted by atomic mass is 19.1. The van der Waals surface area contributed by atoms with Gasteiger partial charge in [-0.05, 0) is 56.0 Å². The predicted octanol–water partition coefficient (Wildman–Crippen LogP) is 2.92. The third-order valence-corrected chi connectivity index (χ3v) is 5.92. The molecule has 4 rings (SSSR count). The Kier molecular flexibility index (Phi) is 6.62. The van der Waals surface area contributed by atoms with Crippen LogP contribution >= 0.6 is 0 Å². The van der Waals surface area contributed by atoms with E-state index in [0.717, 1.165) is 42.4 Å². The summed E-state index contributed by atoms with van der Waals surface area (Å²) < 4.78 is 13.4. The zero-order valence-electron chi connectivity index (χ0n) is 18.3. The van der Waals surface area contributed by atoms with Crippen molar-refractivity contribution in [3.8, 4) is 0 Å². The monoisotopic (exact) mass is 437 g/mol. The highest BCUT2D eigenvalue weighted by Crippen LogP contribution is 2.27. The number of amides is 1. The molecule has 1 amide bonds. The fourth-order valence-electron chi connectivity index (χ4n) is 4.26. The van der Waals surface area contributed by atoms with Gasteiger partial charge in [-0.2, -0.15) is 5.10 Å². The molecular weight excluding hydrogens is 409 g/mol. The van der Waals surface area contributed by atoms with E-state index in [1.165, 1.54) is 12.3 Å². The number of carbonyl (C=O) groups is 1. The van der Waals surface area contributed by atoms with E-state index in [4.69, 9.17) is 0 Å². The van der Waals surface area contributed by atoms with Crippen molar-refractivity contribution in [1.29, 1.82) is 0 Å². The zero-order valence-corrected chi connectivity index (χ0v) is 18.3. The average molecular weight is 438 g/mol. The fourth-order valence-corrected chi connectivity index (χ4v) is 4.26. The fraction of sp³-hybridized carbons (Fsp3) is 0.375. The molecule has 0 aliphatic carbocycles. The molecule has 0 spiro atoms. The van der Waals surface area contributed by atoms with E-state index >= 15 is 0 Å². The number of carbonyl (C=O) groups excluding carboxylic acids is 1. The Bertz CT molecular complexity index is 1070. The molecule has 7 nitrogen and oxygen atoms in total.